The number of para-hydroxylation sites is 1. The van der Waals surface area contributed by atoms with Crippen LogP contribution in [0.4, 0.5) is 10.1 Å². The highest BCUT2D eigenvalue weighted by atomic mass is 35.5. The topological polar surface area (TPSA) is 86.8 Å². The minimum Gasteiger partial charge on any atom is -0.352 e. The first-order valence-corrected chi connectivity index (χ1v) is 12.2. The van der Waals surface area contributed by atoms with Gasteiger partial charge >= 0.3 is 0 Å². The molecule has 0 radical (unpaired) electrons. The number of nitrogens with one attached hydrogen (secondary N) is 1. The van der Waals surface area contributed by atoms with Crippen molar-refractivity contribution in [1.29, 1.82) is 0 Å². The Balaban J connectivity index is 2.40. The van der Waals surface area contributed by atoms with Crippen LogP contribution in [0.25, 0.3) is 0 Å². The van der Waals surface area contributed by atoms with E-state index in [2.05, 4.69) is 5.32 Å². The number of nitrogens with zero attached hydrogens (tertiary/aromatic N) is 2. The smallest absolute Gasteiger partial charge is 0.244 e. The Hall–Kier alpha value is -2.65. The van der Waals surface area contributed by atoms with Gasteiger partial charge in [-0.2, -0.15) is 0 Å². The molecule has 0 saturated heterocycles. The summed E-state index contributed by atoms with van der Waals surface area (Å²) in [6, 6.07) is 11.0. The standard InChI is InChI=1S/C22H27ClFN3O4S/c1-15(2)25-22(29)16(3)26(13-17-8-7-9-18(23)12-17)21(28)14-27(32(4,30)31)20-11-6-5-10-19(20)24/h5-12,15-16H,13-14H2,1-4H3,(H,25,29). The van der Waals surface area contributed by atoms with Crippen molar-refractivity contribution >= 4 is 39.1 Å². The minimum absolute atomic E-state index is 0.0148. The number of hydrogen-bond donors (Lipinski definition) is 1. The Kier molecular flexibility index (Phi) is 8.63. The zero-order chi connectivity index (χ0) is 24.1. The maximum Gasteiger partial charge on any atom is 0.244 e. The molecule has 0 fully saturated rings. The molecule has 0 aromatic heterocycles. The van der Waals surface area contributed by atoms with Gasteiger partial charge < -0.3 is 10.2 Å². The van der Waals surface area contributed by atoms with Gasteiger partial charge in [0.25, 0.3) is 0 Å². The summed E-state index contributed by atoms with van der Waals surface area (Å²) in [5.41, 5.74) is 0.414. The van der Waals surface area contributed by atoms with Crippen LogP contribution in [0.5, 0.6) is 0 Å². The van der Waals surface area contributed by atoms with Gasteiger partial charge in [0.2, 0.25) is 21.8 Å². The summed E-state index contributed by atoms with van der Waals surface area (Å²) in [7, 11) is -3.99. The first kappa shape index (κ1) is 25.6. The molecule has 2 rings (SSSR count). The maximum absolute atomic E-state index is 14.3. The second kappa shape index (κ2) is 10.8. The van der Waals surface area contributed by atoms with E-state index in [0.717, 1.165) is 12.3 Å². The fourth-order valence-corrected chi connectivity index (χ4v) is 4.13. The SMILES string of the molecule is CC(C)NC(=O)C(C)N(Cc1cccc(Cl)c1)C(=O)CN(c1ccccc1F)S(C)(=O)=O. The van der Waals surface area contributed by atoms with Crippen molar-refractivity contribution in [3.63, 3.8) is 0 Å². The number of amides is 2. The number of hydrogen-bond acceptors (Lipinski definition) is 4. The number of carbonyl (C=O) groups excluding carboxylic acids is 2. The maximum atomic E-state index is 14.3. The van der Waals surface area contributed by atoms with Crippen LogP contribution in [-0.2, 0) is 26.2 Å². The van der Waals surface area contributed by atoms with Gasteiger partial charge in [-0.25, -0.2) is 12.8 Å². The summed E-state index contributed by atoms with van der Waals surface area (Å²) in [5, 5.41) is 3.21. The van der Waals surface area contributed by atoms with Crippen LogP contribution in [0.15, 0.2) is 48.5 Å². The van der Waals surface area contributed by atoms with Gasteiger partial charge in [0.15, 0.2) is 0 Å². The lowest BCUT2D eigenvalue weighted by Gasteiger charge is -2.32. The van der Waals surface area contributed by atoms with Crippen LogP contribution in [0.1, 0.15) is 26.3 Å². The zero-order valence-corrected chi connectivity index (χ0v) is 20.0. The van der Waals surface area contributed by atoms with E-state index >= 15 is 0 Å². The van der Waals surface area contributed by atoms with Gasteiger partial charge in [-0.15, -0.1) is 0 Å². The molecule has 0 aliphatic rings. The van der Waals surface area contributed by atoms with E-state index in [-0.39, 0.29) is 18.3 Å². The molecule has 0 bridgehead atoms. The molecule has 10 heteroatoms. The van der Waals surface area contributed by atoms with Crippen LogP contribution in [0, 0.1) is 5.82 Å². The first-order valence-electron chi connectivity index (χ1n) is 9.96. The molecule has 0 spiro atoms. The van der Waals surface area contributed by atoms with Crippen LogP contribution >= 0.6 is 11.6 Å². The summed E-state index contributed by atoms with van der Waals surface area (Å²) in [6.45, 7) is 4.48. The van der Waals surface area contributed by atoms with E-state index in [1.54, 1.807) is 45.0 Å². The average Bonchev–Trinajstić information content (AvgIpc) is 2.69. The molecule has 2 aromatic rings. The highest BCUT2D eigenvalue weighted by Gasteiger charge is 2.31. The number of sulfonamides is 1. The van der Waals surface area contributed by atoms with Gasteiger partial charge in [-0.1, -0.05) is 35.9 Å². The minimum atomic E-state index is -3.99. The molecule has 0 saturated carbocycles. The summed E-state index contributed by atoms with van der Waals surface area (Å²) in [5.74, 6) is -1.84. The lowest BCUT2D eigenvalue weighted by atomic mass is 10.1. The molecule has 0 heterocycles. The van der Waals surface area contributed by atoms with Crippen molar-refractivity contribution in [2.24, 2.45) is 0 Å². The Morgan fingerprint density at radius 1 is 1.09 bits per heavy atom. The van der Waals surface area contributed by atoms with Crippen LogP contribution in [-0.4, -0.2) is 50.0 Å². The molecule has 174 valence electrons. The average molecular weight is 484 g/mol. The third-order valence-corrected chi connectivity index (χ3v) is 6.00. The third-order valence-electron chi connectivity index (χ3n) is 4.64. The molecule has 7 nitrogen and oxygen atoms in total. The molecular weight excluding hydrogens is 457 g/mol. The Morgan fingerprint density at radius 2 is 1.75 bits per heavy atom. The predicted octanol–water partition coefficient (Wildman–Crippen LogP) is 3.19. The van der Waals surface area contributed by atoms with E-state index in [4.69, 9.17) is 11.6 Å². The molecule has 1 atom stereocenters. The number of anilines is 1. The molecule has 0 aliphatic heterocycles. The fraction of sp³-hybridized carbons (Fsp3) is 0.364. The van der Waals surface area contributed by atoms with Crippen molar-refractivity contribution in [3.8, 4) is 0 Å². The van der Waals surface area contributed by atoms with Gasteiger partial charge in [0.05, 0.1) is 11.9 Å². The molecular formula is C22H27ClFN3O4S. The summed E-state index contributed by atoms with van der Waals surface area (Å²) >= 11 is 6.05. The Labute approximate surface area is 193 Å². The fourth-order valence-electron chi connectivity index (χ4n) is 3.07. The molecule has 1 unspecified atom stereocenters. The Bertz CT molecular complexity index is 1080. The second-order valence-corrected chi connectivity index (χ2v) is 10.1. The molecule has 2 amide bonds. The van der Waals surface area contributed by atoms with Crippen LogP contribution < -0.4 is 9.62 Å². The quantitative estimate of drug-likeness (QED) is 0.593. The van der Waals surface area contributed by atoms with E-state index in [1.165, 1.54) is 23.1 Å². The molecule has 2 aromatic carbocycles. The predicted molar refractivity (Wildman–Crippen MR) is 123 cm³/mol. The first-order chi connectivity index (χ1) is 14.9. The second-order valence-electron chi connectivity index (χ2n) is 7.71. The van der Waals surface area contributed by atoms with Crippen molar-refractivity contribution in [3.05, 3.63) is 64.9 Å². The van der Waals surface area contributed by atoms with E-state index < -0.39 is 40.2 Å². The van der Waals surface area contributed by atoms with Crippen molar-refractivity contribution in [2.45, 2.75) is 39.4 Å². The highest BCUT2D eigenvalue weighted by molar-refractivity contribution is 7.92. The van der Waals surface area contributed by atoms with E-state index in [0.29, 0.717) is 14.9 Å². The largest absolute Gasteiger partial charge is 0.352 e. The lowest BCUT2D eigenvalue weighted by molar-refractivity contribution is -0.139. The van der Waals surface area contributed by atoms with Gasteiger partial charge in [0.1, 0.15) is 18.4 Å². The molecule has 0 aliphatic carbocycles. The van der Waals surface area contributed by atoms with E-state index in [9.17, 15) is 22.4 Å². The molecule has 32 heavy (non-hydrogen) atoms. The third kappa shape index (κ3) is 6.93. The van der Waals surface area contributed by atoms with Gasteiger partial charge in [0, 0.05) is 17.6 Å². The van der Waals surface area contributed by atoms with E-state index in [1.807, 2.05) is 0 Å². The zero-order valence-electron chi connectivity index (χ0n) is 18.4. The van der Waals surface area contributed by atoms with Crippen LogP contribution in [0.3, 0.4) is 0 Å². The summed E-state index contributed by atoms with van der Waals surface area (Å²) in [6.07, 6.45) is 0.892. The van der Waals surface area contributed by atoms with Crippen molar-refractivity contribution in [2.75, 3.05) is 17.1 Å². The normalized spacial score (nSPS) is 12.3. The highest BCUT2D eigenvalue weighted by Crippen LogP contribution is 2.22. The summed E-state index contributed by atoms with van der Waals surface area (Å²) < 4.78 is 39.8. The van der Waals surface area contributed by atoms with Crippen molar-refractivity contribution < 1.29 is 22.4 Å². The number of rotatable bonds is 9. The van der Waals surface area contributed by atoms with Crippen LogP contribution in [0.2, 0.25) is 5.02 Å². The van der Waals surface area contributed by atoms with Gasteiger partial charge in [-0.05, 0) is 50.6 Å². The monoisotopic (exact) mass is 483 g/mol. The number of benzene rings is 2. The number of carbonyl (C=O) groups is 2. The molecule has 1 N–H and O–H groups in total. The number of halogens is 2. The lowest BCUT2D eigenvalue weighted by Crippen LogP contribution is -2.52. The summed E-state index contributed by atoms with van der Waals surface area (Å²) in [4.78, 5) is 27.2. The Morgan fingerprint density at radius 3 is 2.31 bits per heavy atom. The van der Waals surface area contributed by atoms with Gasteiger partial charge in [-0.3, -0.25) is 13.9 Å². The van der Waals surface area contributed by atoms with Crippen molar-refractivity contribution in [1.82, 2.24) is 10.2 Å².